The van der Waals surface area contributed by atoms with E-state index in [0.717, 1.165) is 0 Å². The molecule has 1 N–H and O–H groups in total. The molecule has 1 aliphatic carbocycles. The maximum absolute atomic E-state index is 12.2. The summed E-state index contributed by atoms with van der Waals surface area (Å²) in [6, 6.07) is 5.45. The van der Waals surface area contributed by atoms with E-state index in [1.165, 1.54) is 11.2 Å². The van der Waals surface area contributed by atoms with Crippen LogP contribution in [0, 0.1) is 23.2 Å². The Labute approximate surface area is 110 Å². The summed E-state index contributed by atoms with van der Waals surface area (Å²) in [5.74, 6) is -1.55. The van der Waals surface area contributed by atoms with Gasteiger partial charge in [0.2, 0.25) is 5.91 Å². The molecule has 0 aromatic carbocycles. The molecule has 19 heavy (non-hydrogen) atoms. The first-order chi connectivity index (χ1) is 9.13. The molecule has 0 bridgehead atoms. The molecule has 6 nitrogen and oxygen atoms in total. The molecular weight excluding hydrogens is 248 g/mol. The SMILES string of the molecule is N#CCCN(Cc1ccco1)C(=O)[C@@H]1C[C@@H]1C(=O)O. The summed E-state index contributed by atoms with van der Waals surface area (Å²) in [4.78, 5) is 24.4. The number of hydrogen-bond acceptors (Lipinski definition) is 4. The highest BCUT2D eigenvalue weighted by atomic mass is 16.4. The lowest BCUT2D eigenvalue weighted by molar-refractivity contribution is -0.142. The summed E-state index contributed by atoms with van der Waals surface area (Å²) in [5.41, 5.74) is 0. The van der Waals surface area contributed by atoms with Crippen molar-refractivity contribution in [2.75, 3.05) is 6.54 Å². The summed E-state index contributed by atoms with van der Waals surface area (Å²) >= 11 is 0. The van der Waals surface area contributed by atoms with Gasteiger partial charge in [0.25, 0.3) is 0 Å². The van der Waals surface area contributed by atoms with Crippen molar-refractivity contribution in [3.8, 4) is 6.07 Å². The predicted octanol–water partition coefficient (Wildman–Crippen LogP) is 1.24. The molecule has 0 radical (unpaired) electrons. The van der Waals surface area contributed by atoms with E-state index in [-0.39, 0.29) is 18.9 Å². The third-order valence-corrected chi connectivity index (χ3v) is 3.16. The van der Waals surface area contributed by atoms with Gasteiger partial charge in [0.1, 0.15) is 5.76 Å². The fourth-order valence-corrected chi connectivity index (χ4v) is 2.02. The van der Waals surface area contributed by atoms with Crippen LogP contribution < -0.4 is 0 Å². The topological polar surface area (TPSA) is 94.5 Å². The van der Waals surface area contributed by atoms with Gasteiger partial charge in [-0.2, -0.15) is 5.26 Å². The van der Waals surface area contributed by atoms with Gasteiger partial charge in [-0.05, 0) is 18.6 Å². The van der Waals surface area contributed by atoms with Crippen LogP contribution in [0.1, 0.15) is 18.6 Å². The van der Waals surface area contributed by atoms with Gasteiger partial charge in [-0.25, -0.2) is 0 Å². The van der Waals surface area contributed by atoms with Crippen LogP contribution in [0.15, 0.2) is 22.8 Å². The van der Waals surface area contributed by atoms with Crippen LogP contribution in [0.3, 0.4) is 0 Å². The summed E-state index contributed by atoms with van der Waals surface area (Å²) in [7, 11) is 0. The second-order valence-corrected chi connectivity index (χ2v) is 4.53. The van der Waals surface area contributed by atoms with Crippen LogP contribution in [0.2, 0.25) is 0 Å². The van der Waals surface area contributed by atoms with Gasteiger partial charge in [-0.1, -0.05) is 0 Å². The molecule has 1 aliphatic rings. The highest BCUT2D eigenvalue weighted by Crippen LogP contribution is 2.40. The number of rotatable bonds is 6. The van der Waals surface area contributed by atoms with Gasteiger partial charge >= 0.3 is 5.97 Å². The molecule has 1 aromatic heterocycles. The second kappa shape index (κ2) is 5.57. The standard InChI is InChI=1S/C13H14N2O4/c14-4-2-5-15(8-9-3-1-6-19-9)12(16)10-7-11(10)13(17)18/h1,3,6,10-11H,2,5,7-8H2,(H,17,18)/t10-,11+/m1/s1. The van der Waals surface area contributed by atoms with E-state index >= 15 is 0 Å². The molecule has 0 aliphatic heterocycles. The van der Waals surface area contributed by atoms with Crippen molar-refractivity contribution in [2.24, 2.45) is 11.8 Å². The van der Waals surface area contributed by atoms with Gasteiger partial charge < -0.3 is 14.4 Å². The first kappa shape index (κ1) is 13.1. The zero-order valence-corrected chi connectivity index (χ0v) is 10.3. The first-order valence-electron chi connectivity index (χ1n) is 6.04. The number of nitriles is 1. The Bertz CT molecular complexity index is 503. The van der Waals surface area contributed by atoms with Crippen LogP contribution in [0.5, 0.6) is 0 Å². The molecule has 1 aromatic rings. The van der Waals surface area contributed by atoms with Crippen LogP contribution >= 0.6 is 0 Å². The molecule has 2 rings (SSSR count). The van der Waals surface area contributed by atoms with Gasteiger partial charge in [0, 0.05) is 6.54 Å². The van der Waals surface area contributed by atoms with Crippen LogP contribution in [0.4, 0.5) is 0 Å². The molecule has 2 atom stereocenters. The molecule has 1 fully saturated rings. The fraction of sp³-hybridized carbons (Fsp3) is 0.462. The summed E-state index contributed by atoms with van der Waals surface area (Å²) in [6.07, 6.45) is 2.12. The lowest BCUT2D eigenvalue weighted by atomic mass is 10.2. The van der Waals surface area contributed by atoms with E-state index in [2.05, 4.69) is 0 Å². The molecule has 0 unspecified atom stereocenters. The first-order valence-corrected chi connectivity index (χ1v) is 6.04. The minimum absolute atomic E-state index is 0.209. The van der Waals surface area contributed by atoms with Crippen LogP contribution in [-0.4, -0.2) is 28.4 Å². The minimum Gasteiger partial charge on any atom is -0.481 e. The van der Waals surface area contributed by atoms with Gasteiger partial charge in [0.05, 0.1) is 37.1 Å². The zero-order valence-electron chi connectivity index (χ0n) is 10.3. The molecule has 1 heterocycles. The van der Waals surface area contributed by atoms with Crippen molar-refractivity contribution < 1.29 is 19.1 Å². The lowest BCUT2D eigenvalue weighted by Gasteiger charge is -2.20. The molecule has 0 saturated heterocycles. The Morgan fingerprint density at radius 2 is 2.32 bits per heavy atom. The number of carboxylic acid groups (broad SMARTS) is 1. The molecule has 1 amide bonds. The number of carbonyl (C=O) groups is 2. The van der Waals surface area contributed by atoms with E-state index in [0.29, 0.717) is 18.7 Å². The zero-order chi connectivity index (χ0) is 13.8. The molecular formula is C13H14N2O4. The molecule has 100 valence electrons. The number of carbonyl (C=O) groups excluding carboxylic acids is 1. The van der Waals surface area contributed by atoms with Crippen molar-refractivity contribution in [2.45, 2.75) is 19.4 Å². The monoisotopic (exact) mass is 262 g/mol. The van der Waals surface area contributed by atoms with E-state index in [4.69, 9.17) is 14.8 Å². The predicted molar refractivity (Wildman–Crippen MR) is 63.6 cm³/mol. The number of furan rings is 1. The van der Waals surface area contributed by atoms with Crippen molar-refractivity contribution >= 4 is 11.9 Å². The number of hydrogen-bond donors (Lipinski definition) is 1. The average Bonchev–Trinajstić information content (AvgIpc) is 3.04. The largest absolute Gasteiger partial charge is 0.481 e. The third kappa shape index (κ3) is 3.13. The molecule has 1 saturated carbocycles. The number of amides is 1. The highest BCUT2D eigenvalue weighted by Gasteiger charge is 2.49. The van der Waals surface area contributed by atoms with Crippen molar-refractivity contribution in [3.05, 3.63) is 24.2 Å². The van der Waals surface area contributed by atoms with Gasteiger partial charge in [-0.15, -0.1) is 0 Å². The quantitative estimate of drug-likeness (QED) is 0.832. The van der Waals surface area contributed by atoms with E-state index < -0.39 is 17.8 Å². The number of aliphatic carboxylic acids is 1. The molecule has 0 spiro atoms. The number of nitrogens with zero attached hydrogens (tertiary/aromatic N) is 2. The van der Waals surface area contributed by atoms with Gasteiger partial charge in [0.15, 0.2) is 0 Å². The smallest absolute Gasteiger partial charge is 0.307 e. The van der Waals surface area contributed by atoms with E-state index in [1.54, 1.807) is 12.1 Å². The van der Waals surface area contributed by atoms with Crippen molar-refractivity contribution in [1.29, 1.82) is 5.26 Å². The fourth-order valence-electron chi connectivity index (χ4n) is 2.02. The Morgan fingerprint density at radius 1 is 1.53 bits per heavy atom. The normalized spacial score (nSPS) is 20.6. The Balaban J connectivity index is 1.99. The summed E-state index contributed by atoms with van der Waals surface area (Å²) < 4.78 is 5.18. The maximum atomic E-state index is 12.2. The van der Waals surface area contributed by atoms with E-state index in [1.807, 2.05) is 6.07 Å². The van der Waals surface area contributed by atoms with E-state index in [9.17, 15) is 9.59 Å². The van der Waals surface area contributed by atoms with Crippen molar-refractivity contribution in [3.63, 3.8) is 0 Å². The van der Waals surface area contributed by atoms with Crippen LogP contribution in [-0.2, 0) is 16.1 Å². The number of carboxylic acids is 1. The Morgan fingerprint density at radius 3 is 2.84 bits per heavy atom. The Kier molecular flexibility index (Phi) is 3.85. The van der Waals surface area contributed by atoms with Crippen molar-refractivity contribution in [1.82, 2.24) is 4.90 Å². The summed E-state index contributed by atoms with van der Waals surface area (Å²) in [6.45, 7) is 0.565. The maximum Gasteiger partial charge on any atom is 0.307 e. The molecule has 6 heteroatoms. The lowest BCUT2D eigenvalue weighted by Crippen LogP contribution is -2.33. The van der Waals surface area contributed by atoms with Crippen LogP contribution in [0.25, 0.3) is 0 Å². The average molecular weight is 262 g/mol. The summed E-state index contributed by atoms with van der Waals surface area (Å²) in [5, 5.41) is 17.5. The van der Waals surface area contributed by atoms with Gasteiger partial charge in [-0.3, -0.25) is 9.59 Å². The minimum atomic E-state index is -0.934. The third-order valence-electron chi connectivity index (χ3n) is 3.16. The second-order valence-electron chi connectivity index (χ2n) is 4.53. The Hall–Kier alpha value is -2.29. The highest BCUT2D eigenvalue weighted by molar-refractivity contribution is 5.89.